The Morgan fingerprint density at radius 2 is 1.70 bits per heavy atom. The van der Waals surface area contributed by atoms with Crippen LogP contribution in [0.25, 0.3) is 0 Å². The van der Waals surface area contributed by atoms with Gasteiger partial charge in [0.2, 0.25) is 10.0 Å². The first-order valence-electron chi connectivity index (χ1n) is 10.1. The van der Waals surface area contributed by atoms with E-state index < -0.39 is 10.0 Å². The number of hydrogen-bond acceptors (Lipinski definition) is 5. The largest absolute Gasteiger partial charge is 0.483 e. The Bertz CT molecular complexity index is 953. The number of nitrogens with zero attached hydrogens (tertiary/aromatic N) is 2. The average molecular weight is 432 g/mol. The third-order valence-corrected chi connectivity index (χ3v) is 7.14. The van der Waals surface area contributed by atoms with Crippen LogP contribution >= 0.6 is 0 Å². The highest BCUT2D eigenvalue weighted by Gasteiger charge is 2.27. The predicted molar refractivity (Wildman–Crippen MR) is 116 cm³/mol. The molecule has 162 valence electrons. The molecule has 0 unspecified atom stereocenters. The molecule has 0 radical (unpaired) electrons. The Balaban J connectivity index is 1.51. The van der Waals surface area contributed by atoms with E-state index in [0.717, 1.165) is 30.6 Å². The summed E-state index contributed by atoms with van der Waals surface area (Å²) in [7, 11) is -1.49. The number of carbonyl (C=O) groups excluding carboxylic acids is 1. The topological polar surface area (TPSA) is 78.9 Å². The standard InChI is InChI=1S/C22H29N3O4S/c1-3-19-6-4-5-7-21(19)29-17-22(26)23-16-18-8-10-20(11-9-18)30(27,28)25-14-12-24(2)13-15-25/h4-11H,3,12-17H2,1-2H3,(H,23,26). The third kappa shape index (κ3) is 5.59. The van der Waals surface area contributed by atoms with E-state index in [1.807, 2.05) is 38.2 Å². The molecule has 0 aliphatic carbocycles. The first-order chi connectivity index (χ1) is 14.4. The van der Waals surface area contributed by atoms with Crippen molar-refractivity contribution in [2.75, 3.05) is 39.8 Å². The van der Waals surface area contributed by atoms with E-state index in [-0.39, 0.29) is 17.4 Å². The highest BCUT2D eigenvalue weighted by atomic mass is 32.2. The monoisotopic (exact) mass is 431 g/mol. The number of para-hydroxylation sites is 1. The van der Waals surface area contributed by atoms with Crippen LogP contribution in [0.3, 0.4) is 0 Å². The number of amides is 1. The summed E-state index contributed by atoms with van der Waals surface area (Å²) in [6.45, 7) is 4.74. The van der Waals surface area contributed by atoms with Crippen LogP contribution in [0, 0.1) is 0 Å². The number of nitrogens with one attached hydrogen (secondary N) is 1. The first kappa shape index (κ1) is 22.3. The number of rotatable bonds is 8. The van der Waals surface area contributed by atoms with E-state index in [1.54, 1.807) is 24.3 Å². The summed E-state index contributed by atoms with van der Waals surface area (Å²) < 4.78 is 32.7. The molecule has 8 heteroatoms. The van der Waals surface area contributed by atoms with Gasteiger partial charge in [-0.2, -0.15) is 4.31 Å². The first-order valence-corrected chi connectivity index (χ1v) is 11.6. The van der Waals surface area contributed by atoms with Gasteiger partial charge < -0.3 is 15.0 Å². The molecule has 1 aliphatic heterocycles. The van der Waals surface area contributed by atoms with Crippen LogP contribution in [0.15, 0.2) is 53.4 Å². The molecule has 1 aliphatic rings. The van der Waals surface area contributed by atoms with E-state index in [9.17, 15) is 13.2 Å². The van der Waals surface area contributed by atoms with Gasteiger partial charge in [0.1, 0.15) is 5.75 Å². The Labute approximate surface area is 178 Å². The summed E-state index contributed by atoms with van der Waals surface area (Å²) in [5.41, 5.74) is 1.89. The molecule has 1 N–H and O–H groups in total. The summed E-state index contributed by atoms with van der Waals surface area (Å²) in [4.78, 5) is 14.5. The van der Waals surface area contributed by atoms with Crippen LogP contribution in [-0.4, -0.2) is 63.4 Å². The van der Waals surface area contributed by atoms with E-state index >= 15 is 0 Å². The van der Waals surface area contributed by atoms with Crippen molar-refractivity contribution < 1.29 is 17.9 Å². The molecule has 1 amide bonds. The van der Waals surface area contributed by atoms with E-state index in [2.05, 4.69) is 10.2 Å². The van der Waals surface area contributed by atoms with Crippen molar-refractivity contribution in [3.8, 4) is 5.75 Å². The smallest absolute Gasteiger partial charge is 0.258 e. The number of likely N-dealkylation sites (N-methyl/N-ethyl adjacent to an activating group) is 1. The summed E-state index contributed by atoms with van der Waals surface area (Å²) in [5, 5.41) is 2.80. The van der Waals surface area contributed by atoms with Gasteiger partial charge in [0.25, 0.3) is 5.91 Å². The lowest BCUT2D eigenvalue weighted by atomic mass is 10.1. The van der Waals surface area contributed by atoms with Crippen molar-refractivity contribution in [1.29, 1.82) is 0 Å². The minimum atomic E-state index is -3.48. The summed E-state index contributed by atoms with van der Waals surface area (Å²) in [6, 6.07) is 14.3. The van der Waals surface area contributed by atoms with Gasteiger partial charge in [0.15, 0.2) is 6.61 Å². The van der Waals surface area contributed by atoms with Gasteiger partial charge in [-0.3, -0.25) is 4.79 Å². The van der Waals surface area contributed by atoms with Gasteiger partial charge in [0, 0.05) is 32.7 Å². The second-order valence-electron chi connectivity index (χ2n) is 7.38. The highest BCUT2D eigenvalue weighted by molar-refractivity contribution is 7.89. The number of hydrogen-bond donors (Lipinski definition) is 1. The molecule has 0 bridgehead atoms. The van der Waals surface area contributed by atoms with Crippen LogP contribution in [0.4, 0.5) is 0 Å². The molecule has 3 rings (SSSR count). The van der Waals surface area contributed by atoms with E-state index in [1.165, 1.54) is 4.31 Å². The van der Waals surface area contributed by atoms with Crippen molar-refractivity contribution >= 4 is 15.9 Å². The maximum absolute atomic E-state index is 12.8. The molecule has 2 aromatic rings. The molecule has 1 saturated heterocycles. The number of aryl methyl sites for hydroxylation is 1. The Kier molecular flexibility index (Phi) is 7.47. The van der Waals surface area contributed by atoms with Gasteiger partial charge in [0.05, 0.1) is 4.90 Å². The third-order valence-electron chi connectivity index (χ3n) is 5.23. The molecule has 0 spiro atoms. The van der Waals surface area contributed by atoms with Gasteiger partial charge in [-0.25, -0.2) is 8.42 Å². The fourth-order valence-electron chi connectivity index (χ4n) is 3.29. The summed E-state index contributed by atoms with van der Waals surface area (Å²) in [6.07, 6.45) is 0.835. The zero-order chi connectivity index (χ0) is 21.6. The Hall–Kier alpha value is -2.42. The molecule has 0 atom stereocenters. The Morgan fingerprint density at radius 1 is 1.03 bits per heavy atom. The van der Waals surface area contributed by atoms with E-state index in [4.69, 9.17) is 4.74 Å². The minimum absolute atomic E-state index is 0.0626. The van der Waals surface area contributed by atoms with Crippen molar-refractivity contribution in [2.45, 2.75) is 24.8 Å². The second-order valence-corrected chi connectivity index (χ2v) is 9.32. The summed E-state index contributed by atoms with van der Waals surface area (Å²) in [5.74, 6) is 0.489. The Morgan fingerprint density at radius 3 is 2.37 bits per heavy atom. The zero-order valence-electron chi connectivity index (χ0n) is 17.5. The van der Waals surface area contributed by atoms with Crippen LogP contribution in [0.5, 0.6) is 5.75 Å². The average Bonchev–Trinajstić information content (AvgIpc) is 2.77. The molecule has 7 nitrogen and oxygen atoms in total. The van der Waals surface area contributed by atoms with Crippen molar-refractivity contribution in [1.82, 2.24) is 14.5 Å². The lowest BCUT2D eigenvalue weighted by molar-refractivity contribution is -0.123. The zero-order valence-corrected chi connectivity index (χ0v) is 18.3. The van der Waals surface area contributed by atoms with Gasteiger partial charge in [-0.05, 0) is 42.8 Å². The number of carbonyl (C=O) groups is 1. The fraction of sp³-hybridized carbons (Fsp3) is 0.409. The van der Waals surface area contributed by atoms with Gasteiger partial charge in [-0.1, -0.05) is 37.3 Å². The fourth-order valence-corrected chi connectivity index (χ4v) is 4.71. The lowest BCUT2D eigenvalue weighted by Gasteiger charge is -2.31. The normalized spacial score (nSPS) is 15.7. The van der Waals surface area contributed by atoms with Crippen molar-refractivity contribution in [2.24, 2.45) is 0 Å². The van der Waals surface area contributed by atoms with Gasteiger partial charge >= 0.3 is 0 Å². The molecule has 2 aromatic carbocycles. The molecule has 1 heterocycles. The molecule has 0 aromatic heterocycles. The maximum Gasteiger partial charge on any atom is 0.258 e. The van der Waals surface area contributed by atoms with Crippen molar-refractivity contribution in [3.63, 3.8) is 0 Å². The quantitative estimate of drug-likeness (QED) is 0.691. The van der Waals surface area contributed by atoms with Crippen LogP contribution in [-0.2, 0) is 27.8 Å². The lowest BCUT2D eigenvalue weighted by Crippen LogP contribution is -2.47. The number of ether oxygens (including phenoxy) is 1. The van der Waals surface area contributed by atoms with Gasteiger partial charge in [-0.15, -0.1) is 0 Å². The SMILES string of the molecule is CCc1ccccc1OCC(=O)NCc1ccc(S(=O)(=O)N2CCN(C)CC2)cc1. The van der Waals surface area contributed by atoms with Crippen LogP contribution < -0.4 is 10.1 Å². The number of piperazine rings is 1. The molecular formula is C22H29N3O4S. The molecule has 1 fully saturated rings. The highest BCUT2D eigenvalue weighted by Crippen LogP contribution is 2.19. The number of sulfonamides is 1. The minimum Gasteiger partial charge on any atom is -0.483 e. The summed E-state index contributed by atoms with van der Waals surface area (Å²) >= 11 is 0. The molecule has 30 heavy (non-hydrogen) atoms. The second kappa shape index (κ2) is 10.1. The van der Waals surface area contributed by atoms with E-state index in [0.29, 0.717) is 25.4 Å². The molecule has 0 saturated carbocycles. The molecular weight excluding hydrogens is 402 g/mol. The van der Waals surface area contributed by atoms with Crippen LogP contribution in [0.1, 0.15) is 18.1 Å². The van der Waals surface area contributed by atoms with Crippen molar-refractivity contribution in [3.05, 3.63) is 59.7 Å². The van der Waals surface area contributed by atoms with Crippen LogP contribution in [0.2, 0.25) is 0 Å². The number of benzene rings is 2. The maximum atomic E-state index is 12.8. The predicted octanol–water partition coefficient (Wildman–Crippen LogP) is 1.88.